The summed E-state index contributed by atoms with van der Waals surface area (Å²) < 4.78 is 11.0. The van der Waals surface area contributed by atoms with Gasteiger partial charge in [-0.2, -0.15) is 0 Å². The Morgan fingerprint density at radius 3 is 2.67 bits per heavy atom. The zero-order valence-corrected chi connectivity index (χ0v) is 12.6. The summed E-state index contributed by atoms with van der Waals surface area (Å²) in [5.74, 6) is 1.62. The summed E-state index contributed by atoms with van der Waals surface area (Å²) in [6.07, 6.45) is 4.45. The van der Waals surface area contributed by atoms with Gasteiger partial charge in [0.05, 0.1) is 12.8 Å². The fraction of sp³-hybridized carbons (Fsp3) is 0.353. The van der Waals surface area contributed by atoms with Crippen LogP contribution >= 0.6 is 0 Å². The summed E-state index contributed by atoms with van der Waals surface area (Å²) in [4.78, 5) is 4.14. The van der Waals surface area contributed by atoms with Gasteiger partial charge in [0.25, 0.3) is 0 Å². The van der Waals surface area contributed by atoms with E-state index < -0.39 is 0 Å². The zero-order chi connectivity index (χ0) is 14.9. The second-order valence-corrected chi connectivity index (χ2v) is 4.75. The number of ether oxygens (including phenoxy) is 2. The van der Waals surface area contributed by atoms with Crippen molar-refractivity contribution in [2.24, 2.45) is 0 Å². The molecule has 0 saturated heterocycles. The maximum atomic E-state index is 5.93. The first-order valence-electron chi connectivity index (χ1n) is 7.22. The highest BCUT2D eigenvalue weighted by Crippen LogP contribution is 2.24. The van der Waals surface area contributed by atoms with Gasteiger partial charge in [-0.25, -0.2) is 0 Å². The van der Waals surface area contributed by atoms with Gasteiger partial charge in [-0.3, -0.25) is 4.98 Å². The van der Waals surface area contributed by atoms with Crippen LogP contribution in [0.5, 0.6) is 11.5 Å². The minimum Gasteiger partial charge on any atom is -0.455 e. The van der Waals surface area contributed by atoms with E-state index in [-0.39, 0.29) is 0 Å². The number of nitrogens with zero attached hydrogens (tertiary/aromatic N) is 1. The number of nitrogens with one attached hydrogen (secondary N) is 1. The highest BCUT2D eigenvalue weighted by atomic mass is 16.5. The Labute approximate surface area is 126 Å². The van der Waals surface area contributed by atoms with E-state index in [2.05, 4.69) is 29.4 Å². The first-order chi connectivity index (χ1) is 10.3. The van der Waals surface area contributed by atoms with E-state index in [1.165, 1.54) is 5.56 Å². The minimum absolute atomic E-state index is 0.732. The minimum atomic E-state index is 0.732. The van der Waals surface area contributed by atoms with Crippen molar-refractivity contribution in [2.75, 3.05) is 20.3 Å². The zero-order valence-electron chi connectivity index (χ0n) is 12.6. The lowest BCUT2D eigenvalue weighted by Gasteiger charge is -2.11. The maximum Gasteiger partial charge on any atom is 0.150 e. The molecule has 0 fully saturated rings. The van der Waals surface area contributed by atoms with Crippen LogP contribution in [0.15, 0.2) is 42.7 Å². The maximum absolute atomic E-state index is 5.93. The van der Waals surface area contributed by atoms with Crippen LogP contribution in [-0.4, -0.2) is 25.2 Å². The Kier molecular flexibility index (Phi) is 6.19. The monoisotopic (exact) mass is 286 g/mol. The molecule has 0 unspecified atom stereocenters. The summed E-state index contributed by atoms with van der Waals surface area (Å²) in [7, 11) is 1.71. The van der Waals surface area contributed by atoms with Gasteiger partial charge in [0.1, 0.15) is 11.5 Å². The molecule has 21 heavy (non-hydrogen) atoms. The number of hydrogen-bond acceptors (Lipinski definition) is 4. The molecular formula is C17H22N2O2. The molecule has 4 nitrogen and oxygen atoms in total. The van der Waals surface area contributed by atoms with Crippen LogP contribution in [-0.2, 0) is 17.7 Å². The largest absolute Gasteiger partial charge is 0.455 e. The van der Waals surface area contributed by atoms with E-state index in [4.69, 9.17) is 9.47 Å². The van der Waals surface area contributed by atoms with Crippen LogP contribution in [0.3, 0.4) is 0 Å². The molecule has 0 spiro atoms. The van der Waals surface area contributed by atoms with Gasteiger partial charge in [-0.05, 0) is 36.7 Å². The Bertz CT molecular complexity index is 541. The predicted octanol–water partition coefficient (Wildman–Crippen LogP) is 3.17. The second kappa shape index (κ2) is 8.39. The highest BCUT2D eigenvalue weighted by Gasteiger charge is 2.05. The number of methoxy groups -OCH3 is 1. The molecule has 1 aromatic carbocycles. The third-order valence-corrected chi connectivity index (χ3v) is 3.18. The van der Waals surface area contributed by atoms with E-state index in [0.29, 0.717) is 0 Å². The van der Waals surface area contributed by atoms with Gasteiger partial charge in [-0.1, -0.05) is 19.1 Å². The van der Waals surface area contributed by atoms with Crippen LogP contribution < -0.4 is 10.1 Å². The highest BCUT2D eigenvalue weighted by molar-refractivity contribution is 5.36. The molecule has 112 valence electrons. The number of benzene rings is 1. The topological polar surface area (TPSA) is 43.4 Å². The summed E-state index contributed by atoms with van der Waals surface area (Å²) in [6.45, 7) is 4.52. The average Bonchev–Trinajstić information content (AvgIpc) is 2.53. The van der Waals surface area contributed by atoms with Gasteiger partial charge < -0.3 is 14.8 Å². The van der Waals surface area contributed by atoms with Gasteiger partial charge >= 0.3 is 0 Å². The predicted molar refractivity (Wildman–Crippen MR) is 83.7 cm³/mol. The van der Waals surface area contributed by atoms with Gasteiger partial charge in [-0.15, -0.1) is 0 Å². The number of hydrogen-bond donors (Lipinski definition) is 1. The van der Waals surface area contributed by atoms with Crippen molar-refractivity contribution in [3.05, 3.63) is 53.9 Å². The lowest BCUT2D eigenvalue weighted by atomic mass is 10.1. The average molecular weight is 286 g/mol. The van der Waals surface area contributed by atoms with E-state index in [0.717, 1.165) is 43.2 Å². The molecular weight excluding hydrogens is 264 g/mol. The van der Waals surface area contributed by atoms with Crippen molar-refractivity contribution in [2.45, 2.75) is 19.9 Å². The van der Waals surface area contributed by atoms with E-state index in [1.807, 2.05) is 18.2 Å². The Balaban J connectivity index is 2.04. The molecule has 1 N–H and O–H groups in total. The summed E-state index contributed by atoms with van der Waals surface area (Å²) >= 11 is 0. The molecule has 0 atom stereocenters. The van der Waals surface area contributed by atoms with Gasteiger partial charge in [0.2, 0.25) is 0 Å². The van der Waals surface area contributed by atoms with E-state index in [1.54, 1.807) is 19.5 Å². The Morgan fingerprint density at radius 1 is 1.14 bits per heavy atom. The van der Waals surface area contributed by atoms with Gasteiger partial charge in [0, 0.05) is 25.4 Å². The molecule has 0 aliphatic heterocycles. The first-order valence-corrected chi connectivity index (χ1v) is 7.22. The summed E-state index contributed by atoms with van der Waals surface area (Å²) in [5, 5.41) is 3.30. The quantitative estimate of drug-likeness (QED) is 0.809. The SMILES string of the molecule is CCNCc1ccncc1Oc1ccc(CCOC)cc1. The third kappa shape index (κ3) is 4.85. The Morgan fingerprint density at radius 2 is 1.95 bits per heavy atom. The third-order valence-electron chi connectivity index (χ3n) is 3.18. The molecule has 0 aliphatic rings. The van der Waals surface area contributed by atoms with Crippen LogP contribution in [0.2, 0.25) is 0 Å². The molecule has 2 rings (SSSR count). The normalized spacial score (nSPS) is 10.6. The van der Waals surface area contributed by atoms with Crippen LogP contribution in [0.4, 0.5) is 0 Å². The molecule has 0 aliphatic carbocycles. The molecule has 0 radical (unpaired) electrons. The molecule has 1 heterocycles. The molecule has 4 heteroatoms. The number of rotatable bonds is 8. The van der Waals surface area contributed by atoms with E-state index in [9.17, 15) is 0 Å². The number of aromatic nitrogens is 1. The van der Waals surface area contributed by atoms with Crippen LogP contribution in [0.1, 0.15) is 18.1 Å². The van der Waals surface area contributed by atoms with Crippen molar-refractivity contribution in [1.29, 1.82) is 0 Å². The van der Waals surface area contributed by atoms with Crippen LogP contribution in [0, 0.1) is 0 Å². The van der Waals surface area contributed by atoms with Crippen molar-refractivity contribution in [3.63, 3.8) is 0 Å². The molecule has 0 bridgehead atoms. The second-order valence-electron chi connectivity index (χ2n) is 4.75. The molecule has 0 amide bonds. The molecule has 0 saturated carbocycles. The van der Waals surface area contributed by atoms with Crippen LogP contribution in [0.25, 0.3) is 0 Å². The molecule has 1 aromatic heterocycles. The summed E-state index contributed by atoms with van der Waals surface area (Å²) in [6, 6.07) is 10.1. The molecule has 2 aromatic rings. The lowest BCUT2D eigenvalue weighted by Crippen LogP contribution is -2.12. The lowest BCUT2D eigenvalue weighted by molar-refractivity contribution is 0.202. The first kappa shape index (κ1) is 15.5. The van der Waals surface area contributed by atoms with Crippen molar-refractivity contribution in [3.8, 4) is 11.5 Å². The van der Waals surface area contributed by atoms with Crippen molar-refractivity contribution >= 4 is 0 Å². The standard InChI is InChI=1S/C17H22N2O2/c1-3-18-12-15-8-10-19-13-17(15)21-16-6-4-14(5-7-16)9-11-20-2/h4-8,10,13,18H,3,9,11-12H2,1-2H3. The summed E-state index contributed by atoms with van der Waals surface area (Å²) in [5.41, 5.74) is 2.35. The number of pyridine rings is 1. The van der Waals surface area contributed by atoms with Crippen molar-refractivity contribution in [1.82, 2.24) is 10.3 Å². The van der Waals surface area contributed by atoms with E-state index >= 15 is 0 Å². The fourth-order valence-corrected chi connectivity index (χ4v) is 1.98. The smallest absolute Gasteiger partial charge is 0.150 e. The van der Waals surface area contributed by atoms with Crippen molar-refractivity contribution < 1.29 is 9.47 Å². The fourth-order valence-electron chi connectivity index (χ4n) is 1.98. The van der Waals surface area contributed by atoms with Gasteiger partial charge in [0.15, 0.2) is 0 Å². The Hall–Kier alpha value is -1.91.